The third-order valence-corrected chi connectivity index (χ3v) is 9.07. The van der Waals surface area contributed by atoms with Crippen molar-refractivity contribution in [1.82, 2.24) is 4.90 Å². The van der Waals surface area contributed by atoms with Crippen LogP contribution < -0.4 is 15.2 Å². The number of hydrogen-bond donors (Lipinski definition) is 1. The molecule has 3 aromatic carbocycles. The molecule has 13 heteroatoms. The second kappa shape index (κ2) is 13.7. The molecular formula is C33H30Cl3F3N2O5. The van der Waals surface area contributed by atoms with Gasteiger partial charge in [0.25, 0.3) is 0 Å². The van der Waals surface area contributed by atoms with E-state index in [2.05, 4.69) is 0 Å². The highest BCUT2D eigenvalue weighted by Gasteiger charge is 2.54. The Kier molecular flexibility index (Phi) is 10.1. The van der Waals surface area contributed by atoms with Crippen molar-refractivity contribution in [3.8, 4) is 11.5 Å². The van der Waals surface area contributed by atoms with Gasteiger partial charge >= 0.3 is 12.1 Å². The van der Waals surface area contributed by atoms with Crippen LogP contribution in [0.1, 0.15) is 41.5 Å². The van der Waals surface area contributed by atoms with Crippen molar-refractivity contribution in [2.75, 3.05) is 26.3 Å². The van der Waals surface area contributed by atoms with Gasteiger partial charge in [-0.25, -0.2) is 4.79 Å². The Morgan fingerprint density at radius 3 is 2.24 bits per heavy atom. The van der Waals surface area contributed by atoms with Crippen LogP contribution in [0, 0.1) is 6.92 Å². The van der Waals surface area contributed by atoms with Crippen molar-refractivity contribution < 1.29 is 37.0 Å². The lowest BCUT2D eigenvalue weighted by Crippen LogP contribution is -2.50. The molecule has 5 rings (SSSR count). The van der Waals surface area contributed by atoms with E-state index in [1.807, 2.05) is 11.8 Å². The number of halogens is 6. The van der Waals surface area contributed by atoms with Crippen LogP contribution in [0.2, 0.25) is 15.1 Å². The summed E-state index contributed by atoms with van der Waals surface area (Å²) in [5.41, 5.74) is 6.50. The normalized spacial score (nSPS) is 16.2. The first-order chi connectivity index (χ1) is 21.8. The summed E-state index contributed by atoms with van der Waals surface area (Å²) in [5, 5.41) is 0.285. The molecule has 1 heterocycles. The van der Waals surface area contributed by atoms with Crippen LogP contribution in [0.4, 0.5) is 13.2 Å². The van der Waals surface area contributed by atoms with Crippen molar-refractivity contribution in [1.29, 1.82) is 0 Å². The molecule has 0 aromatic heterocycles. The van der Waals surface area contributed by atoms with Crippen LogP contribution in [0.25, 0.3) is 5.57 Å². The zero-order chi connectivity index (χ0) is 33.2. The van der Waals surface area contributed by atoms with Gasteiger partial charge in [0.2, 0.25) is 5.91 Å². The Morgan fingerprint density at radius 1 is 0.978 bits per heavy atom. The molecule has 0 radical (unpaired) electrons. The number of benzene rings is 3. The predicted molar refractivity (Wildman–Crippen MR) is 169 cm³/mol. The highest BCUT2D eigenvalue weighted by molar-refractivity contribution is 6.37. The number of nitrogens with two attached hydrogens (primary N) is 1. The van der Waals surface area contributed by atoms with Crippen molar-refractivity contribution in [2.24, 2.45) is 5.73 Å². The molecule has 46 heavy (non-hydrogen) atoms. The van der Waals surface area contributed by atoms with E-state index < -0.39 is 40.8 Å². The van der Waals surface area contributed by atoms with E-state index in [0.29, 0.717) is 52.9 Å². The lowest BCUT2D eigenvalue weighted by Gasteiger charge is -2.35. The monoisotopic (exact) mass is 696 g/mol. The van der Waals surface area contributed by atoms with E-state index in [-0.39, 0.29) is 30.9 Å². The minimum absolute atomic E-state index is 0.0212. The van der Waals surface area contributed by atoms with Crippen molar-refractivity contribution in [3.05, 3.63) is 97.5 Å². The zero-order valence-corrected chi connectivity index (χ0v) is 27.0. The Morgan fingerprint density at radius 2 is 1.63 bits per heavy atom. The Labute approximate surface area is 278 Å². The number of primary amides is 1. The molecule has 1 fully saturated rings. The van der Waals surface area contributed by atoms with Gasteiger partial charge in [0.1, 0.15) is 31.1 Å². The SMILES string of the molecule is Cc1cc(Cl)c(OCCOc2ccc(C3=C(C(=O)OCc4cccc(C(F)(F)F)c4Cl)CN(C4(C(N)=O)CC4)CC3)cc2)c(Cl)c1. The minimum Gasteiger partial charge on any atom is -0.490 e. The Balaban J connectivity index is 1.30. The molecule has 1 amide bonds. The summed E-state index contributed by atoms with van der Waals surface area (Å²) in [6, 6.07) is 14.0. The smallest absolute Gasteiger partial charge is 0.417 e. The Bertz CT molecular complexity index is 1650. The van der Waals surface area contributed by atoms with Gasteiger partial charge in [-0.15, -0.1) is 0 Å². The summed E-state index contributed by atoms with van der Waals surface area (Å²) < 4.78 is 57.0. The minimum atomic E-state index is -4.66. The van der Waals surface area contributed by atoms with Crippen LogP contribution in [0.15, 0.2) is 60.2 Å². The van der Waals surface area contributed by atoms with Crippen LogP contribution in [-0.2, 0) is 27.1 Å². The van der Waals surface area contributed by atoms with Crippen molar-refractivity contribution in [3.63, 3.8) is 0 Å². The molecular weight excluding hydrogens is 668 g/mol. The molecule has 0 spiro atoms. The number of alkyl halides is 3. The molecule has 244 valence electrons. The van der Waals surface area contributed by atoms with Crippen molar-refractivity contribution in [2.45, 2.75) is 44.5 Å². The van der Waals surface area contributed by atoms with E-state index in [1.165, 1.54) is 12.1 Å². The maximum Gasteiger partial charge on any atom is 0.417 e. The highest BCUT2D eigenvalue weighted by atomic mass is 35.5. The van der Waals surface area contributed by atoms with Gasteiger partial charge in [-0.3, -0.25) is 9.69 Å². The molecule has 0 atom stereocenters. The number of esters is 1. The summed E-state index contributed by atoms with van der Waals surface area (Å²) in [6.45, 7) is 2.39. The van der Waals surface area contributed by atoms with Crippen LogP contribution in [-0.4, -0.2) is 48.6 Å². The summed E-state index contributed by atoms with van der Waals surface area (Å²) in [7, 11) is 0. The lowest BCUT2D eigenvalue weighted by molar-refractivity contribution is -0.141. The molecule has 2 aliphatic rings. The first kappa shape index (κ1) is 33.9. The van der Waals surface area contributed by atoms with Gasteiger partial charge in [0.15, 0.2) is 5.75 Å². The number of amides is 1. The van der Waals surface area contributed by atoms with E-state index in [1.54, 1.807) is 36.4 Å². The maximum absolute atomic E-state index is 13.5. The summed E-state index contributed by atoms with van der Waals surface area (Å²) >= 11 is 18.5. The van der Waals surface area contributed by atoms with E-state index in [4.69, 9.17) is 54.7 Å². The Hall–Kier alpha value is -3.44. The molecule has 1 aliphatic carbocycles. The quantitative estimate of drug-likeness (QED) is 0.164. The van der Waals surface area contributed by atoms with Gasteiger partial charge < -0.3 is 19.9 Å². The summed E-state index contributed by atoms with van der Waals surface area (Å²) in [6.07, 6.45) is -3.08. The molecule has 7 nitrogen and oxygen atoms in total. The van der Waals surface area contributed by atoms with Gasteiger partial charge in [-0.2, -0.15) is 13.2 Å². The maximum atomic E-state index is 13.5. The van der Waals surface area contributed by atoms with Gasteiger partial charge in [-0.05, 0) is 73.2 Å². The van der Waals surface area contributed by atoms with E-state index in [0.717, 1.165) is 17.2 Å². The van der Waals surface area contributed by atoms with Crippen LogP contribution in [0.5, 0.6) is 11.5 Å². The molecule has 0 saturated heterocycles. The van der Waals surface area contributed by atoms with Gasteiger partial charge in [0, 0.05) is 18.7 Å². The van der Waals surface area contributed by atoms with E-state index >= 15 is 0 Å². The number of aryl methyl sites for hydroxylation is 1. The van der Waals surface area contributed by atoms with E-state index in [9.17, 15) is 22.8 Å². The third-order valence-electron chi connectivity index (χ3n) is 8.07. The fourth-order valence-corrected chi connectivity index (χ4v) is 6.49. The molecule has 0 unspecified atom stereocenters. The van der Waals surface area contributed by atoms with Crippen molar-refractivity contribution >= 4 is 52.3 Å². The zero-order valence-electron chi connectivity index (χ0n) is 24.7. The van der Waals surface area contributed by atoms with Crippen LogP contribution >= 0.6 is 34.8 Å². The number of rotatable bonds is 11. The first-order valence-corrected chi connectivity index (χ1v) is 15.5. The average molecular weight is 698 g/mol. The molecule has 2 N–H and O–H groups in total. The summed E-state index contributed by atoms with van der Waals surface area (Å²) in [5.74, 6) is -0.248. The third kappa shape index (κ3) is 7.41. The topological polar surface area (TPSA) is 91.1 Å². The van der Waals surface area contributed by atoms with Crippen LogP contribution in [0.3, 0.4) is 0 Å². The molecule has 0 bridgehead atoms. The number of nitrogens with zero attached hydrogens (tertiary/aromatic N) is 1. The number of carbonyl (C=O) groups is 2. The largest absolute Gasteiger partial charge is 0.490 e. The second-order valence-electron chi connectivity index (χ2n) is 11.2. The average Bonchev–Trinajstić information content (AvgIpc) is 3.82. The molecule has 1 aliphatic heterocycles. The fourth-order valence-electron chi connectivity index (χ4n) is 5.49. The summed E-state index contributed by atoms with van der Waals surface area (Å²) in [4.78, 5) is 27.6. The molecule has 3 aromatic rings. The predicted octanol–water partition coefficient (Wildman–Crippen LogP) is 7.65. The molecule has 1 saturated carbocycles. The van der Waals surface area contributed by atoms with Gasteiger partial charge in [0.05, 0.1) is 26.2 Å². The first-order valence-electron chi connectivity index (χ1n) is 14.4. The standard InChI is InChI=1S/C33H30Cl3F3N2O5/c1-19-15-26(34)29(27(35)16-19)45-14-13-44-22-7-5-20(6-8-22)23-9-12-41(32(10-11-32)31(40)43)17-24(23)30(42)46-18-21-3-2-4-25(28(21)36)33(37,38)39/h2-8,15-16H,9-14,17-18H2,1H3,(H2,40,43). The highest BCUT2D eigenvalue weighted by Crippen LogP contribution is 2.45. The number of carbonyl (C=O) groups excluding carboxylic acids is 2. The van der Waals surface area contributed by atoms with Gasteiger partial charge in [-0.1, -0.05) is 59.1 Å². The number of ether oxygens (including phenoxy) is 3. The fraction of sp³-hybridized carbons (Fsp3) is 0.333. The second-order valence-corrected chi connectivity index (χ2v) is 12.3. The number of hydrogen-bond acceptors (Lipinski definition) is 6. The lowest BCUT2D eigenvalue weighted by atomic mass is 9.92.